The third kappa shape index (κ3) is 6.82. The van der Waals surface area contributed by atoms with E-state index in [1.165, 1.54) is 49.4 Å². The number of benzene rings is 2. The number of carbonyl (C=O) groups is 2. The molecule has 0 aliphatic heterocycles. The van der Waals surface area contributed by atoms with E-state index in [0.717, 1.165) is 0 Å². The number of phenols is 1. The average molecular weight is 413 g/mol. The molecule has 10 heteroatoms. The van der Waals surface area contributed by atoms with Crippen LogP contribution in [0.3, 0.4) is 0 Å². The Labute approximate surface area is 145 Å². The molecule has 0 bridgehead atoms. The van der Waals surface area contributed by atoms with Crippen LogP contribution in [0, 0.1) is 0 Å². The third-order valence-corrected chi connectivity index (χ3v) is 5.13. The minimum atomic E-state index is -4.83. The van der Waals surface area contributed by atoms with Crippen molar-refractivity contribution in [2.75, 3.05) is 5.32 Å². The molecule has 2 aromatic rings. The van der Waals surface area contributed by atoms with Crippen LogP contribution in [0.2, 0.25) is 0 Å². The van der Waals surface area contributed by atoms with Gasteiger partial charge in [0.2, 0.25) is 0 Å². The number of anilines is 1. The van der Waals surface area contributed by atoms with Crippen LogP contribution in [0.4, 0.5) is 5.69 Å². The molecule has 0 aliphatic carbocycles. The summed E-state index contributed by atoms with van der Waals surface area (Å²) < 4.78 is 23.9. The van der Waals surface area contributed by atoms with Gasteiger partial charge in [-0.25, -0.2) is 4.79 Å². The van der Waals surface area contributed by atoms with Gasteiger partial charge in [-0.1, -0.05) is 0 Å². The molecule has 0 heterocycles. The molecule has 0 aliphatic rings. The number of aromatic carboxylic acids is 1. The second kappa shape index (κ2) is 9.05. The molecule has 2 aromatic carbocycles. The summed E-state index contributed by atoms with van der Waals surface area (Å²) in [6, 6.07) is 11.0. The molecule has 9 nitrogen and oxygen atoms in total. The first-order chi connectivity index (χ1) is 11.7. The molecule has 0 radical (unpaired) electrons. The number of amides is 1. The van der Waals surface area contributed by atoms with Gasteiger partial charge in [-0.05, 0) is 24.3 Å². The molecule has 0 aromatic heterocycles. The van der Waals surface area contributed by atoms with Crippen molar-refractivity contribution in [1.29, 1.82) is 0 Å². The number of nitrogens with one attached hydrogen (secondary N) is 1. The number of carboxylic acids is 1. The van der Waals surface area contributed by atoms with E-state index in [1.807, 2.05) is 0 Å². The van der Waals surface area contributed by atoms with E-state index in [-0.39, 0.29) is 21.6 Å². The maximum Gasteiger partial charge on any atom is 0.335 e. The van der Waals surface area contributed by atoms with Crippen LogP contribution in [0.5, 0.6) is 5.75 Å². The number of carboxylic acid groups (broad SMARTS) is 1. The molecule has 5 N–H and O–H groups in total. The van der Waals surface area contributed by atoms with E-state index in [0.29, 0.717) is 5.69 Å². The van der Waals surface area contributed by atoms with Crippen LogP contribution >= 0.6 is 0 Å². The number of aromatic hydroxyl groups is 1. The van der Waals surface area contributed by atoms with E-state index < -0.39 is 20.1 Å². The van der Waals surface area contributed by atoms with E-state index in [4.69, 9.17) is 15.5 Å². The summed E-state index contributed by atoms with van der Waals surface area (Å²) in [5.41, 5.74) is 0.547. The summed E-state index contributed by atoms with van der Waals surface area (Å²) in [5, 5.41) is 27.8. The SMILES string of the molecule is CC(=O)Nc1cccc([As](=O)(O)OO)c1.O=C(O)c1ccc(O)cc1. The Morgan fingerprint density at radius 3 is 2.20 bits per heavy atom. The van der Waals surface area contributed by atoms with Gasteiger partial charge in [-0.15, -0.1) is 0 Å². The summed E-state index contributed by atoms with van der Waals surface area (Å²) in [6.07, 6.45) is 0. The fourth-order valence-corrected chi connectivity index (χ4v) is 3.02. The molecule has 1 atom stereocenters. The van der Waals surface area contributed by atoms with Gasteiger partial charge in [0, 0.05) is 0 Å². The normalized spacial score (nSPS) is 12.3. The predicted molar refractivity (Wildman–Crippen MR) is 87.8 cm³/mol. The first-order valence-corrected chi connectivity index (χ1v) is 10.0. The largest absolute Gasteiger partial charge is 0.508 e. The van der Waals surface area contributed by atoms with Crippen LogP contribution in [0.1, 0.15) is 17.3 Å². The van der Waals surface area contributed by atoms with E-state index in [9.17, 15) is 17.4 Å². The van der Waals surface area contributed by atoms with Crippen LogP contribution in [0.25, 0.3) is 0 Å². The molecule has 0 spiro atoms. The van der Waals surface area contributed by atoms with Gasteiger partial charge in [0.15, 0.2) is 0 Å². The molecule has 0 saturated heterocycles. The maximum absolute atomic E-state index is 11.3. The summed E-state index contributed by atoms with van der Waals surface area (Å²) in [6.45, 7) is 1.32. The Kier molecular flexibility index (Phi) is 7.40. The Hall–Kier alpha value is -2.58. The second-order valence-electron chi connectivity index (χ2n) is 4.69. The number of phenolic OH excluding ortho intramolecular Hbond substituents is 1. The van der Waals surface area contributed by atoms with Crippen molar-refractivity contribution in [1.82, 2.24) is 0 Å². The van der Waals surface area contributed by atoms with Crippen LogP contribution < -0.4 is 9.67 Å². The van der Waals surface area contributed by atoms with Crippen molar-refractivity contribution >= 4 is 36.1 Å². The zero-order chi connectivity index (χ0) is 19.0. The first kappa shape index (κ1) is 20.5. The molecule has 1 unspecified atom stereocenters. The molecule has 2 rings (SSSR count). The van der Waals surface area contributed by atoms with Crippen molar-refractivity contribution in [2.45, 2.75) is 6.92 Å². The summed E-state index contributed by atoms with van der Waals surface area (Å²) in [5.74, 6) is -1.21. The van der Waals surface area contributed by atoms with Gasteiger partial charge in [0.1, 0.15) is 5.75 Å². The van der Waals surface area contributed by atoms with Crippen molar-refractivity contribution in [3.8, 4) is 5.75 Å². The third-order valence-electron chi connectivity index (χ3n) is 2.72. The van der Waals surface area contributed by atoms with Crippen molar-refractivity contribution in [3.63, 3.8) is 0 Å². The molecule has 25 heavy (non-hydrogen) atoms. The molecule has 1 amide bonds. The van der Waals surface area contributed by atoms with Crippen molar-refractivity contribution in [3.05, 3.63) is 54.1 Å². The van der Waals surface area contributed by atoms with Gasteiger partial charge in [0.05, 0.1) is 5.56 Å². The Bertz CT molecular complexity index is 790. The number of hydrogen-bond acceptors (Lipinski definition) is 6. The topological polar surface area (TPSA) is 153 Å². The summed E-state index contributed by atoms with van der Waals surface area (Å²) >= 11 is -4.83. The molecule has 0 saturated carbocycles. The van der Waals surface area contributed by atoms with Gasteiger partial charge in [-0.3, -0.25) is 0 Å². The maximum atomic E-state index is 11.3. The molecular weight excluding hydrogens is 397 g/mol. The van der Waals surface area contributed by atoms with Gasteiger partial charge < -0.3 is 10.2 Å². The zero-order valence-corrected chi connectivity index (χ0v) is 14.9. The van der Waals surface area contributed by atoms with Gasteiger partial charge >= 0.3 is 94.4 Å². The van der Waals surface area contributed by atoms with E-state index >= 15 is 0 Å². The molecule has 0 fully saturated rings. The van der Waals surface area contributed by atoms with Gasteiger partial charge in [-0.2, -0.15) is 0 Å². The quantitative estimate of drug-likeness (QED) is 0.280. The van der Waals surface area contributed by atoms with Crippen LogP contribution in [-0.4, -0.2) is 45.6 Å². The molecular formula is C15H16AsNO8. The number of carbonyl (C=O) groups excluding carboxylic acids is 1. The fraction of sp³-hybridized carbons (Fsp3) is 0.0667. The first-order valence-electron chi connectivity index (χ1n) is 6.72. The summed E-state index contributed by atoms with van der Waals surface area (Å²) in [4.78, 5) is 21.0. The Morgan fingerprint density at radius 2 is 1.72 bits per heavy atom. The fourth-order valence-electron chi connectivity index (χ4n) is 1.61. The monoisotopic (exact) mass is 413 g/mol. The smallest absolute Gasteiger partial charge is 0.335 e. The second-order valence-corrected chi connectivity index (χ2v) is 8.30. The standard InChI is InChI=1S/C8H10AsNO5.C7H6O3/c1-6(11)10-8-4-2-3-7(5-8)9(12,13)15-14;8-6-3-1-5(2-4-6)7(9)10/h2-5,14H,1H3,(H,10,11)(H,12,13);1-4,8H,(H,9,10). The number of rotatable bonds is 4. The van der Waals surface area contributed by atoms with Crippen molar-refractivity contribution in [2.24, 2.45) is 0 Å². The average Bonchev–Trinajstić information content (AvgIpc) is 2.55. The van der Waals surface area contributed by atoms with Crippen LogP contribution in [-0.2, 0) is 12.4 Å². The number of hydrogen-bond donors (Lipinski definition) is 5. The Morgan fingerprint density at radius 1 is 1.12 bits per heavy atom. The van der Waals surface area contributed by atoms with Gasteiger partial charge in [0.25, 0.3) is 0 Å². The summed E-state index contributed by atoms with van der Waals surface area (Å²) in [7, 11) is 0. The van der Waals surface area contributed by atoms with E-state index in [2.05, 4.69) is 9.19 Å². The predicted octanol–water partition coefficient (Wildman–Crippen LogP) is 0.794. The van der Waals surface area contributed by atoms with E-state index in [1.54, 1.807) is 6.07 Å². The Balaban J connectivity index is 0.000000271. The minimum Gasteiger partial charge on any atom is -0.508 e. The van der Waals surface area contributed by atoms with Crippen LogP contribution in [0.15, 0.2) is 48.5 Å². The van der Waals surface area contributed by atoms with Crippen molar-refractivity contribution < 1.29 is 36.8 Å². The minimum absolute atomic E-state index is 0.0399. The molecule has 134 valence electrons. The zero-order valence-electron chi connectivity index (χ0n) is 13.0.